The zero-order valence-corrected chi connectivity index (χ0v) is 12.6. The first-order valence-corrected chi connectivity index (χ1v) is 6.98. The van der Waals surface area contributed by atoms with E-state index in [4.69, 9.17) is 15.0 Å². The SMILES string of the molecule is CCC(N)c1cccc(B2OC(C)(C)C(C)(C)O2)c1. The van der Waals surface area contributed by atoms with Crippen LogP contribution in [0.1, 0.15) is 52.6 Å². The van der Waals surface area contributed by atoms with Gasteiger partial charge in [-0.3, -0.25) is 0 Å². The Kier molecular flexibility index (Phi) is 3.78. The molecule has 19 heavy (non-hydrogen) atoms. The van der Waals surface area contributed by atoms with E-state index in [1.807, 2.05) is 12.1 Å². The summed E-state index contributed by atoms with van der Waals surface area (Å²) in [5.41, 5.74) is 7.65. The number of hydrogen-bond acceptors (Lipinski definition) is 3. The third kappa shape index (κ3) is 2.71. The first kappa shape index (κ1) is 14.6. The van der Waals surface area contributed by atoms with Crippen LogP contribution in [-0.4, -0.2) is 18.3 Å². The molecule has 1 aromatic rings. The highest BCUT2D eigenvalue weighted by Crippen LogP contribution is 2.36. The minimum Gasteiger partial charge on any atom is -0.399 e. The van der Waals surface area contributed by atoms with Crippen molar-refractivity contribution in [2.45, 2.75) is 58.3 Å². The molecule has 0 bridgehead atoms. The predicted molar refractivity (Wildman–Crippen MR) is 79.4 cm³/mol. The summed E-state index contributed by atoms with van der Waals surface area (Å²) in [4.78, 5) is 0. The number of benzene rings is 1. The van der Waals surface area contributed by atoms with Gasteiger partial charge in [0.15, 0.2) is 0 Å². The summed E-state index contributed by atoms with van der Waals surface area (Å²) in [6.45, 7) is 10.3. The predicted octanol–water partition coefficient (Wildman–Crippen LogP) is 2.40. The summed E-state index contributed by atoms with van der Waals surface area (Å²) in [6.07, 6.45) is 0.923. The maximum Gasteiger partial charge on any atom is 0.494 e. The molecule has 0 radical (unpaired) electrons. The molecule has 2 rings (SSSR count). The summed E-state index contributed by atoms with van der Waals surface area (Å²) < 4.78 is 12.1. The molecule has 104 valence electrons. The van der Waals surface area contributed by atoms with Gasteiger partial charge in [0, 0.05) is 6.04 Å². The van der Waals surface area contributed by atoms with Crippen molar-refractivity contribution in [3.63, 3.8) is 0 Å². The van der Waals surface area contributed by atoms with Crippen molar-refractivity contribution in [2.24, 2.45) is 5.73 Å². The molecule has 4 heteroatoms. The van der Waals surface area contributed by atoms with Crippen molar-refractivity contribution in [1.29, 1.82) is 0 Å². The average Bonchev–Trinajstić information content (AvgIpc) is 2.58. The molecule has 0 aromatic heterocycles. The molecule has 1 saturated heterocycles. The lowest BCUT2D eigenvalue weighted by molar-refractivity contribution is 0.00578. The number of rotatable bonds is 3. The van der Waals surface area contributed by atoms with Gasteiger partial charge in [-0.25, -0.2) is 0 Å². The highest BCUT2D eigenvalue weighted by atomic mass is 16.7. The Balaban J connectivity index is 2.25. The van der Waals surface area contributed by atoms with Gasteiger partial charge in [0.2, 0.25) is 0 Å². The van der Waals surface area contributed by atoms with Crippen LogP contribution in [0.2, 0.25) is 0 Å². The van der Waals surface area contributed by atoms with Gasteiger partial charge in [0.05, 0.1) is 11.2 Å². The van der Waals surface area contributed by atoms with Crippen molar-refractivity contribution in [3.05, 3.63) is 29.8 Å². The van der Waals surface area contributed by atoms with Gasteiger partial charge in [-0.1, -0.05) is 31.2 Å². The van der Waals surface area contributed by atoms with Crippen LogP contribution < -0.4 is 11.2 Å². The van der Waals surface area contributed by atoms with Gasteiger partial charge in [0.25, 0.3) is 0 Å². The Morgan fingerprint density at radius 1 is 1.16 bits per heavy atom. The third-order valence-electron chi connectivity index (χ3n) is 4.30. The zero-order chi connectivity index (χ0) is 14.3. The fourth-order valence-electron chi connectivity index (χ4n) is 2.15. The van der Waals surface area contributed by atoms with Crippen LogP contribution in [0.15, 0.2) is 24.3 Å². The van der Waals surface area contributed by atoms with E-state index in [0.717, 1.165) is 17.4 Å². The Morgan fingerprint density at radius 2 is 1.74 bits per heavy atom. The van der Waals surface area contributed by atoms with Gasteiger partial charge in [0.1, 0.15) is 0 Å². The van der Waals surface area contributed by atoms with Crippen LogP contribution >= 0.6 is 0 Å². The van der Waals surface area contributed by atoms with Crippen molar-refractivity contribution >= 4 is 12.6 Å². The normalized spacial score (nSPS) is 22.5. The molecule has 0 amide bonds. The smallest absolute Gasteiger partial charge is 0.399 e. The standard InChI is InChI=1S/C15H24BNO2/c1-6-13(17)11-8-7-9-12(10-11)16-18-14(2,3)15(4,5)19-16/h7-10,13H,6,17H2,1-5H3. The quantitative estimate of drug-likeness (QED) is 0.850. The molecule has 1 aromatic carbocycles. The maximum absolute atomic E-state index is 6.09. The lowest BCUT2D eigenvalue weighted by atomic mass is 9.78. The first-order valence-electron chi connectivity index (χ1n) is 6.98. The monoisotopic (exact) mass is 261 g/mol. The molecule has 1 aliphatic rings. The number of hydrogen-bond donors (Lipinski definition) is 1. The van der Waals surface area contributed by atoms with E-state index in [9.17, 15) is 0 Å². The minimum absolute atomic E-state index is 0.0716. The lowest BCUT2D eigenvalue weighted by Gasteiger charge is -2.32. The molecule has 1 unspecified atom stereocenters. The van der Waals surface area contributed by atoms with Gasteiger partial charge in [-0.2, -0.15) is 0 Å². The van der Waals surface area contributed by atoms with Crippen LogP contribution in [-0.2, 0) is 9.31 Å². The van der Waals surface area contributed by atoms with E-state index in [2.05, 4.69) is 46.8 Å². The van der Waals surface area contributed by atoms with Gasteiger partial charge in [-0.05, 0) is 45.1 Å². The maximum atomic E-state index is 6.09. The van der Waals surface area contributed by atoms with Crippen LogP contribution in [0.3, 0.4) is 0 Å². The van der Waals surface area contributed by atoms with E-state index in [1.54, 1.807) is 0 Å². The van der Waals surface area contributed by atoms with E-state index >= 15 is 0 Å². The summed E-state index contributed by atoms with van der Waals surface area (Å²) in [5.74, 6) is 0. The summed E-state index contributed by atoms with van der Waals surface area (Å²) in [6, 6.07) is 8.28. The highest BCUT2D eigenvalue weighted by Gasteiger charge is 2.51. The highest BCUT2D eigenvalue weighted by molar-refractivity contribution is 6.62. The average molecular weight is 261 g/mol. The molecule has 1 atom stereocenters. The molecule has 0 spiro atoms. The molecule has 0 aliphatic carbocycles. The van der Waals surface area contributed by atoms with Crippen molar-refractivity contribution < 1.29 is 9.31 Å². The minimum atomic E-state index is -0.311. The van der Waals surface area contributed by atoms with Crippen LogP contribution in [0.4, 0.5) is 0 Å². The molecule has 2 N–H and O–H groups in total. The van der Waals surface area contributed by atoms with Crippen LogP contribution in [0, 0.1) is 0 Å². The molecule has 1 heterocycles. The van der Waals surface area contributed by atoms with E-state index in [0.29, 0.717) is 0 Å². The fourth-order valence-corrected chi connectivity index (χ4v) is 2.15. The van der Waals surface area contributed by atoms with Crippen molar-refractivity contribution in [3.8, 4) is 0 Å². The van der Waals surface area contributed by atoms with Crippen LogP contribution in [0.5, 0.6) is 0 Å². The second-order valence-electron chi connectivity index (χ2n) is 6.27. The second-order valence-corrected chi connectivity index (χ2v) is 6.27. The van der Waals surface area contributed by atoms with Crippen LogP contribution in [0.25, 0.3) is 0 Å². The molecule has 1 aliphatic heterocycles. The molecule has 0 saturated carbocycles. The molecular formula is C15H24BNO2. The molecule has 3 nitrogen and oxygen atoms in total. The Bertz CT molecular complexity index is 443. The van der Waals surface area contributed by atoms with Gasteiger partial charge < -0.3 is 15.0 Å². The summed E-state index contributed by atoms with van der Waals surface area (Å²) in [5, 5.41) is 0. The molecular weight excluding hydrogens is 237 g/mol. The zero-order valence-electron chi connectivity index (χ0n) is 12.6. The Hall–Kier alpha value is -0.835. The fraction of sp³-hybridized carbons (Fsp3) is 0.600. The summed E-state index contributed by atoms with van der Waals surface area (Å²) in [7, 11) is -0.311. The van der Waals surface area contributed by atoms with Crippen molar-refractivity contribution in [2.75, 3.05) is 0 Å². The Labute approximate surface area is 116 Å². The van der Waals surface area contributed by atoms with E-state index in [-0.39, 0.29) is 24.4 Å². The van der Waals surface area contributed by atoms with Gasteiger partial charge >= 0.3 is 7.12 Å². The lowest BCUT2D eigenvalue weighted by Crippen LogP contribution is -2.41. The van der Waals surface area contributed by atoms with E-state index in [1.165, 1.54) is 0 Å². The topological polar surface area (TPSA) is 44.5 Å². The Morgan fingerprint density at radius 3 is 2.26 bits per heavy atom. The van der Waals surface area contributed by atoms with Crippen molar-refractivity contribution in [1.82, 2.24) is 0 Å². The molecule has 1 fully saturated rings. The van der Waals surface area contributed by atoms with Gasteiger partial charge in [-0.15, -0.1) is 0 Å². The third-order valence-corrected chi connectivity index (χ3v) is 4.30. The second kappa shape index (κ2) is 4.93. The largest absolute Gasteiger partial charge is 0.494 e. The summed E-state index contributed by atoms with van der Waals surface area (Å²) >= 11 is 0. The first-order chi connectivity index (χ1) is 8.77. The number of nitrogens with two attached hydrogens (primary N) is 1. The van der Waals surface area contributed by atoms with E-state index < -0.39 is 0 Å².